The third-order valence-electron chi connectivity index (χ3n) is 5.34. The van der Waals surface area contributed by atoms with Gasteiger partial charge in [0.2, 0.25) is 0 Å². The maximum Gasteiger partial charge on any atom is 0.322 e. The minimum Gasteiger partial charge on any atom is -0.385 e. The number of urea groups is 1. The number of fused-ring (bicyclic) bond motifs is 1. The first-order valence-corrected chi connectivity index (χ1v) is 11.1. The largest absolute Gasteiger partial charge is 0.385 e. The number of para-hydroxylation sites is 1. The maximum absolute atomic E-state index is 13.3. The highest BCUT2D eigenvalue weighted by Gasteiger charge is 2.26. The zero-order valence-corrected chi connectivity index (χ0v) is 19.8. The summed E-state index contributed by atoms with van der Waals surface area (Å²) in [6, 6.07) is 13.4. The monoisotopic (exact) mass is 472 g/mol. The van der Waals surface area contributed by atoms with Gasteiger partial charge in [-0.3, -0.25) is 9.36 Å². The summed E-state index contributed by atoms with van der Waals surface area (Å²) >= 11 is 6.07. The number of amides is 2. The fourth-order valence-electron chi connectivity index (χ4n) is 3.65. The molecule has 2 aromatic carbocycles. The molecular formula is C24H29ClN4O4. The first-order valence-electron chi connectivity index (χ1n) is 10.8. The van der Waals surface area contributed by atoms with Crippen LogP contribution in [0.3, 0.4) is 0 Å². The first-order chi connectivity index (χ1) is 16.0. The lowest BCUT2D eigenvalue weighted by Gasteiger charge is -2.30. The summed E-state index contributed by atoms with van der Waals surface area (Å²) in [5.41, 5.74) is 1.01. The average molecular weight is 473 g/mol. The Kier molecular flexibility index (Phi) is 8.82. The van der Waals surface area contributed by atoms with Crippen molar-refractivity contribution in [2.75, 3.05) is 39.3 Å². The Balaban J connectivity index is 2.00. The van der Waals surface area contributed by atoms with Crippen LogP contribution in [0.15, 0.2) is 53.3 Å². The summed E-state index contributed by atoms with van der Waals surface area (Å²) < 4.78 is 12.0. The third-order valence-corrected chi connectivity index (χ3v) is 5.57. The number of nitrogens with zero attached hydrogens (tertiary/aromatic N) is 3. The SMILES string of the molecule is COCCCN(C(=O)Nc1cccc(Cl)c1)C(C)c1nc2ccccc2c(=O)n1CCOC. The van der Waals surface area contributed by atoms with Crippen LogP contribution in [0.1, 0.15) is 25.2 Å². The van der Waals surface area contributed by atoms with E-state index in [1.807, 2.05) is 19.1 Å². The van der Waals surface area contributed by atoms with Crippen LogP contribution < -0.4 is 10.9 Å². The van der Waals surface area contributed by atoms with E-state index in [0.717, 1.165) is 0 Å². The van der Waals surface area contributed by atoms with Crippen LogP contribution in [0, 0.1) is 0 Å². The van der Waals surface area contributed by atoms with E-state index in [4.69, 9.17) is 26.1 Å². The van der Waals surface area contributed by atoms with Crippen molar-refractivity contribution in [2.24, 2.45) is 0 Å². The predicted octanol–water partition coefficient (Wildman–Crippen LogP) is 4.33. The molecule has 3 rings (SSSR count). The van der Waals surface area contributed by atoms with Crippen LogP contribution in [0.25, 0.3) is 10.9 Å². The van der Waals surface area contributed by atoms with Gasteiger partial charge in [-0.05, 0) is 43.7 Å². The standard InChI is InChI=1S/C24H29ClN4O4/c1-17(22-27-21-11-5-4-10-20(21)23(30)29(22)13-15-33-3)28(12-7-14-32-2)24(31)26-19-9-6-8-18(25)16-19/h4-6,8-11,16-17H,7,12-15H2,1-3H3,(H,26,31). The molecule has 0 saturated carbocycles. The minimum absolute atomic E-state index is 0.161. The van der Waals surface area contributed by atoms with Crippen molar-refractivity contribution in [1.82, 2.24) is 14.5 Å². The number of aromatic nitrogens is 2. The molecule has 0 radical (unpaired) electrons. The van der Waals surface area contributed by atoms with Gasteiger partial charge in [0.05, 0.1) is 30.1 Å². The topological polar surface area (TPSA) is 85.7 Å². The zero-order chi connectivity index (χ0) is 23.8. The molecule has 3 aromatic rings. The van der Waals surface area contributed by atoms with Crippen LogP contribution >= 0.6 is 11.6 Å². The second-order valence-electron chi connectivity index (χ2n) is 7.59. The molecule has 0 aliphatic carbocycles. The van der Waals surface area contributed by atoms with E-state index < -0.39 is 6.04 Å². The molecule has 1 unspecified atom stereocenters. The number of methoxy groups -OCH3 is 2. The van der Waals surface area contributed by atoms with Gasteiger partial charge in [-0.1, -0.05) is 29.8 Å². The lowest BCUT2D eigenvalue weighted by Crippen LogP contribution is -2.41. The highest BCUT2D eigenvalue weighted by Crippen LogP contribution is 2.23. The van der Waals surface area contributed by atoms with Gasteiger partial charge in [0.25, 0.3) is 5.56 Å². The Morgan fingerprint density at radius 1 is 1.15 bits per heavy atom. The Labute approximate surface area is 198 Å². The second-order valence-corrected chi connectivity index (χ2v) is 8.03. The molecule has 1 heterocycles. The molecule has 1 atom stereocenters. The number of rotatable bonds is 10. The molecule has 0 saturated heterocycles. The molecule has 0 aliphatic heterocycles. The van der Waals surface area contributed by atoms with E-state index in [2.05, 4.69) is 5.32 Å². The summed E-state index contributed by atoms with van der Waals surface area (Å²) in [6.45, 7) is 3.45. The Bertz CT molecular complexity index is 1150. The van der Waals surface area contributed by atoms with E-state index in [1.165, 1.54) is 0 Å². The number of ether oxygens (including phenoxy) is 2. The van der Waals surface area contributed by atoms with E-state index in [1.54, 1.807) is 60.1 Å². The lowest BCUT2D eigenvalue weighted by molar-refractivity contribution is 0.155. The van der Waals surface area contributed by atoms with Gasteiger partial charge < -0.3 is 19.7 Å². The smallest absolute Gasteiger partial charge is 0.322 e. The van der Waals surface area contributed by atoms with E-state index >= 15 is 0 Å². The molecule has 1 aromatic heterocycles. The number of hydrogen-bond acceptors (Lipinski definition) is 5. The molecule has 33 heavy (non-hydrogen) atoms. The van der Waals surface area contributed by atoms with Crippen molar-refractivity contribution < 1.29 is 14.3 Å². The molecule has 0 fully saturated rings. The molecule has 1 N–H and O–H groups in total. The predicted molar refractivity (Wildman–Crippen MR) is 130 cm³/mol. The van der Waals surface area contributed by atoms with Crippen LogP contribution in [0.5, 0.6) is 0 Å². The maximum atomic E-state index is 13.3. The minimum atomic E-state index is -0.491. The molecule has 9 heteroatoms. The summed E-state index contributed by atoms with van der Waals surface area (Å²) in [7, 11) is 3.20. The van der Waals surface area contributed by atoms with Gasteiger partial charge in [0, 0.05) is 38.1 Å². The Morgan fingerprint density at radius 3 is 2.64 bits per heavy atom. The van der Waals surface area contributed by atoms with Crippen LogP contribution in [-0.4, -0.2) is 54.5 Å². The van der Waals surface area contributed by atoms with Gasteiger partial charge in [-0.15, -0.1) is 0 Å². The Hall–Kier alpha value is -2.94. The Morgan fingerprint density at radius 2 is 1.91 bits per heavy atom. The lowest BCUT2D eigenvalue weighted by atomic mass is 10.2. The number of carbonyl (C=O) groups excluding carboxylic acids is 1. The van der Waals surface area contributed by atoms with Crippen LogP contribution in [0.2, 0.25) is 5.02 Å². The number of halogens is 1. The average Bonchev–Trinajstić information content (AvgIpc) is 2.81. The van der Waals surface area contributed by atoms with Crippen molar-refractivity contribution in [2.45, 2.75) is 25.9 Å². The highest BCUT2D eigenvalue weighted by atomic mass is 35.5. The molecule has 8 nitrogen and oxygen atoms in total. The number of benzene rings is 2. The molecular weight excluding hydrogens is 444 g/mol. The van der Waals surface area contributed by atoms with Gasteiger partial charge in [0.15, 0.2) is 0 Å². The fraction of sp³-hybridized carbons (Fsp3) is 0.375. The van der Waals surface area contributed by atoms with Gasteiger partial charge >= 0.3 is 6.03 Å². The van der Waals surface area contributed by atoms with E-state index in [0.29, 0.717) is 60.2 Å². The van der Waals surface area contributed by atoms with Crippen molar-refractivity contribution >= 4 is 34.2 Å². The highest BCUT2D eigenvalue weighted by molar-refractivity contribution is 6.30. The van der Waals surface area contributed by atoms with Crippen molar-refractivity contribution in [3.63, 3.8) is 0 Å². The first kappa shape index (κ1) is 24.7. The van der Waals surface area contributed by atoms with Gasteiger partial charge in [-0.25, -0.2) is 9.78 Å². The quantitative estimate of drug-likeness (QED) is 0.444. The summed E-state index contributed by atoms with van der Waals surface area (Å²) in [5, 5.41) is 3.95. The van der Waals surface area contributed by atoms with E-state index in [-0.39, 0.29) is 11.6 Å². The summed E-state index contributed by atoms with van der Waals surface area (Å²) in [4.78, 5) is 33.0. The summed E-state index contributed by atoms with van der Waals surface area (Å²) in [5.74, 6) is 0.495. The number of nitrogens with one attached hydrogen (secondary N) is 1. The number of hydrogen-bond donors (Lipinski definition) is 1. The van der Waals surface area contributed by atoms with Gasteiger partial charge in [0.1, 0.15) is 5.82 Å². The normalized spacial score (nSPS) is 12.0. The molecule has 0 spiro atoms. The summed E-state index contributed by atoms with van der Waals surface area (Å²) in [6.07, 6.45) is 0.625. The van der Waals surface area contributed by atoms with Crippen molar-refractivity contribution in [3.8, 4) is 0 Å². The number of carbonyl (C=O) groups is 1. The van der Waals surface area contributed by atoms with E-state index in [9.17, 15) is 9.59 Å². The molecule has 2 amide bonds. The van der Waals surface area contributed by atoms with Crippen molar-refractivity contribution in [1.29, 1.82) is 0 Å². The molecule has 0 bridgehead atoms. The number of anilines is 1. The van der Waals surface area contributed by atoms with Gasteiger partial charge in [-0.2, -0.15) is 0 Å². The van der Waals surface area contributed by atoms with Crippen LogP contribution in [-0.2, 0) is 16.0 Å². The zero-order valence-electron chi connectivity index (χ0n) is 19.1. The third kappa shape index (κ3) is 6.10. The molecule has 176 valence electrons. The molecule has 0 aliphatic rings. The second kappa shape index (κ2) is 11.8. The van der Waals surface area contributed by atoms with Crippen molar-refractivity contribution in [3.05, 3.63) is 69.7 Å². The van der Waals surface area contributed by atoms with Crippen LogP contribution in [0.4, 0.5) is 10.5 Å². The fourth-order valence-corrected chi connectivity index (χ4v) is 3.84.